The summed E-state index contributed by atoms with van der Waals surface area (Å²) in [6, 6.07) is 5.03. The van der Waals surface area contributed by atoms with E-state index in [1.807, 2.05) is 0 Å². The van der Waals surface area contributed by atoms with E-state index in [0.717, 1.165) is 0 Å². The molecule has 2 aromatic heterocycles. The normalized spacial score (nSPS) is 28.7. The summed E-state index contributed by atoms with van der Waals surface area (Å²) >= 11 is 0. The van der Waals surface area contributed by atoms with Crippen molar-refractivity contribution in [2.75, 3.05) is 0 Å². The summed E-state index contributed by atoms with van der Waals surface area (Å²) in [5.74, 6) is 0.159. The third-order valence-electron chi connectivity index (χ3n) is 4.09. The van der Waals surface area contributed by atoms with Crippen molar-refractivity contribution in [3.63, 3.8) is 0 Å². The van der Waals surface area contributed by atoms with E-state index in [1.165, 1.54) is 12.4 Å². The predicted molar refractivity (Wildman–Crippen MR) is 91.1 cm³/mol. The second-order valence-corrected chi connectivity index (χ2v) is 7.52. The summed E-state index contributed by atoms with van der Waals surface area (Å²) in [5.41, 5.74) is -0.653. The van der Waals surface area contributed by atoms with Gasteiger partial charge >= 0.3 is 0 Å². The zero-order valence-electron chi connectivity index (χ0n) is 14.1. The Bertz CT molecular complexity index is 908. The minimum Gasteiger partial charge on any atom is -0.459 e. The number of hydrogen-bond donors (Lipinski definition) is 4. The summed E-state index contributed by atoms with van der Waals surface area (Å²) in [6.45, 7) is 1.69. The molecule has 0 saturated carbocycles. The average Bonchev–Trinajstić information content (AvgIpc) is 2.63. The highest BCUT2D eigenvalue weighted by atomic mass is 32.2. The molecule has 3 heterocycles. The van der Waals surface area contributed by atoms with Gasteiger partial charge in [0.05, 0.1) is 0 Å². The Hall–Kier alpha value is -2.15. The SMILES string of the molecule is Cc1ccnc(-c2cccnc2)c1O[C@@H]1OC(S(=O)(=O)O)[C@@H](O)[C@H](O)[C@H]1O. The second kappa shape index (κ2) is 7.46. The predicted octanol–water partition coefficient (Wildman–Crippen LogP) is -0.516. The maximum atomic E-state index is 11.4. The third kappa shape index (κ3) is 3.93. The lowest BCUT2D eigenvalue weighted by molar-refractivity contribution is -0.254. The molecule has 4 N–H and O–H groups in total. The van der Waals surface area contributed by atoms with Crippen LogP contribution >= 0.6 is 0 Å². The molecule has 2 aromatic rings. The largest absolute Gasteiger partial charge is 0.459 e. The molecule has 5 atom stereocenters. The number of aromatic nitrogens is 2. The lowest BCUT2D eigenvalue weighted by Gasteiger charge is -2.39. The number of hydrogen-bond acceptors (Lipinski definition) is 9. The van der Waals surface area contributed by atoms with Crippen LogP contribution in [0.15, 0.2) is 36.8 Å². The number of aryl methyl sites for hydroxylation is 1. The Morgan fingerprint density at radius 3 is 2.48 bits per heavy atom. The lowest BCUT2D eigenvalue weighted by atomic mass is 10.0. The quantitative estimate of drug-likeness (QED) is 0.494. The number of aliphatic hydroxyl groups is 3. The van der Waals surface area contributed by atoms with Gasteiger partial charge in [-0.3, -0.25) is 14.5 Å². The van der Waals surface area contributed by atoms with Crippen molar-refractivity contribution >= 4 is 10.1 Å². The first-order valence-electron chi connectivity index (χ1n) is 7.88. The van der Waals surface area contributed by atoms with E-state index < -0.39 is 40.2 Å². The maximum absolute atomic E-state index is 11.4. The van der Waals surface area contributed by atoms with Crippen molar-refractivity contribution < 1.29 is 37.8 Å². The van der Waals surface area contributed by atoms with Gasteiger partial charge in [-0.15, -0.1) is 0 Å². The molecule has 27 heavy (non-hydrogen) atoms. The van der Waals surface area contributed by atoms with E-state index in [1.54, 1.807) is 31.3 Å². The highest BCUT2D eigenvalue weighted by Crippen LogP contribution is 2.34. The molecule has 0 amide bonds. The molecule has 11 heteroatoms. The lowest BCUT2D eigenvalue weighted by Crippen LogP contribution is -2.61. The van der Waals surface area contributed by atoms with Crippen molar-refractivity contribution in [3.05, 3.63) is 42.4 Å². The molecule has 10 nitrogen and oxygen atoms in total. The van der Waals surface area contributed by atoms with Crippen LogP contribution in [0.5, 0.6) is 5.75 Å². The van der Waals surface area contributed by atoms with Crippen molar-refractivity contribution in [1.82, 2.24) is 9.97 Å². The van der Waals surface area contributed by atoms with E-state index >= 15 is 0 Å². The number of nitrogens with zero attached hydrogens (tertiary/aromatic N) is 2. The highest BCUT2D eigenvalue weighted by Gasteiger charge is 2.50. The fourth-order valence-electron chi connectivity index (χ4n) is 2.68. The van der Waals surface area contributed by atoms with Gasteiger partial charge in [0.15, 0.2) is 5.75 Å². The molecule has 0 aromatic carbocycles. The Morgan fingerprint density at radius 2 is 1.85 bits per heavy atom. The van der Waals surface area contributed by atoms with Crippen LogP contribution in [0.1, 0.15) is 5.56 Å². The van der Waals surface area contributed by atoms with E-state index in [4.69, 9.17) is 9.47 Å². The van der Waals surface area contributed by atoms with Crippen LogP contribution < -0.4 is 4.74 Å². The van der Waals surface area contributed by atoms with E-state index in [2.05, 4.69) is 9.97 Å². The Labute approximate surface area is 154 Å². The highest BCUT2D eigenvalue weighted by molar-refractivity contribution is 7.86. The first kappa shape index (κ1) is 19.6. The number of rotatable bonds is 4. The van der Waals surface area contributed by atoms with Gasteiger partial charge in [0.1, 0.15) is 24.0 Å². The molecule has 1 aliphatic heterocycles. The Kier molecular flexibility index (Phi) is 5.42. The number of ether oxygens (including phenoxy) is 2. The standard InChI is InChI=1S/C16H18N2O8S/c1-8-4-6-18-10(9-3-2-5-17-7-9)14(8)25-15-12(20)11(19)13(21)16(26-15)27(22,23)24/h2-7,11-13,15-16,19-21H,1H3,(H,22,23,24)/t11-,12-,13+,15-,16?/m1/s1. The summed E-state index contributed by atoms with van der Waals surface area (Å²) in [5, 5.41) is 29.8. The van der Waals surface area contributed by atoms with Crippen LogP contribution in [-0.2, 0) is 14.9 Å². The Morgan fingerprint density at radius 1 is 1.11 bits per heavy atom. The van der Waals surface area contributed by atoms with Crippen molar-refractivity contribution in [3.8, 4) is 17.0 Å². The van der Waals surface area contributed by atoms with Crippen LogP contribution in [0.3, 0.4) is 0 Å². The zero-order valence-corrected chi connectivity index (χ0v) is 14.9. The molecule has 1 aliphatic rings. The van der Waals surface area contributed by atoms with Gasteiger partial charge in [0.2, 0.25) is 11.7 Å². The van der Waals surface area contributed by atoms with Gasteiger partial charge in [-0.2, -0.15) is 8.42 Å². The molecule has 1 saturated heterocycles. The van der Waals surface area contributed by atoms with Crippen molar-refractivity contribution in [2.24, 2.45) is 0 Å². The molecule has 0 aliphatic carbocycles. The van der Waals surface area contributed by atoms with Gasteiger partial charge in [-0.05, 0) is 30.7 Å². The molecule has 1 fully saturated rings. The molecule has 3 rings (SSSR count). The summed E-state index contributed by atoms with van der Waals surface area (Å²) in [4.78, 5) is 8.22. The fraction of sp³-hybridized carbons (Fsp3) is 0.375. The summed E-state index contributed by atoms with van der Waals surface area (Å²) < 4.78 is 42.7. The van der Waals surface area contributed by atoms with E-state index in [0.29, 0.717) is 16.8 Å². The first-order chi connectivity index (χ1) is 12.7. The van der Waals surface area contributed by atoms with Gasteiger partial charge in [-0.25, -0.2) is 0 Å². The van der Waals surface area contributed by atoms with Crippen molar-refractivity contribution in [2.45, 2.75) is 37.0 Å². The van der Waals surface area contributed by atoms with Crippen LogP contribution in [0, 0.1) is 6.92 Å². The topological polar surface area (TPSA) is 159 Å². The molecule has 0 spiro atoms. The third-order valence-corrected chi connectivity index (χ3v) is 5.07. The maximum Gasteiger partial charge on any atom is 0.295 e. The fourth-order valence-corrected chi connectivity index (χ4v) is 3.44. The van der Waals surface area contributed by atoms with Crippen LogP contribution in [-0.4, -0.2) is 68.3 Å². The molecule has 0 radical (unpaired) electrons. The van der Waals surface area contributed by atoms with Gasteiger partial charge in [-0.1, -0.05) is 0 Å². The molecular formula is C16H18N2O8S. The monoisotopic (exact) mass is 398 g/mol. The smallest absolute Gasteiger partial charge is 0.295 e. The number of aliphatic hydroxyl groups excluding tert-OH is 3. The molecule has 146 valence electrons. The summed E-state index contributed by atoms with van der Waals surface area (Å²) in [6.07, 6.45) is -2.80. The zero-order chi connectivity index (χ0) is 19.8. The minimum absolute atomic E-state index is 0.159. The van der Waals surface area contributed by atoms with Gasteiger partial charge in [0.25, 0.3) is 10.1 Å². The van der Waals surface area contributed by atoms with Crippen LogP contribution in [0.2, 0.25) is 0 Å². The minimum atomic E-state index is -4.88. The molecular weight excluding hydrogens is 380 g/mol. The van der Waals surface area contributed by atoms with E-state index in [9.17, 15) is 28.3 Å². The summed E-state index contributed by atoms with van der Waals surface area (Å²) in [7, 11) is -4.88. The molecule has 0 bridgehead atoms. The second-order valence-electron chi connectivity index (χ2n) is 6.02. The van der Waals surface area contributed by atoms with Crippen LogP contribution in [0.4, 0.5) is 0 Å². The Balaban J connectivity index is 1.97. The van der Waals surface area contributed by atoms with Gasteiger partial charge < -0.3 is 24.8 Å². The van der Waals surface area contributed by atoms with E-state index in [-0.39, 0.29) is 5.75 Å². The average molecular weight is 398 g/mol. The van der Waals surface area contributed by atoms with Gasteiger partial charge in [0, 0.05) is 24.2 Å². The van der Waals surface area contributed by atoms with Crippen LogP contribution in [0.25, 0.3) is 11.3 Å². The number of pyridine rings is 2. The first-order valence-corrected chi connectivity index (χ1v) is 9.39. The molecule has 1 unspecified atom stereocenters. The van der Waals surface area contributed by atoms with Crippen molar-refractivity contribution in [1.29, 1.82) is 0 Å².